The van der Waals surface area contributed by atoms with Crippen molar-refractivity contribution in [1.82, 2.24) is 5.32 Å². The third-order valence-electron chi connectivity index (χ3n) is 2.79. The van der Waals surface area contributed by atoms with Crippen LogP contribution in [0.15, 0.2) is 18.2 Å². The third-order valence-corrected chi connectivity index (χ3v) is 2.98. The smallest absolute Gasteiger partial charge is 0.123 e. The second-order valence-electron chi connectivity index (χ2n) is 4.75. The molecule has 16 heavy (non-hydrogen) atoms. The van der Waals surface area contributed by atoms with E-state index in [2.05, 4.69) is 19.2 Å². The fourth-order valence-electron chi connectivity index (χ4n) is 1.49. The molecule has 0 aliphatic carbocycles. The number of aryl methyl sites for hydroxylation is 1. The molecule has 0 aromatic heterocycles. The van der Waals surface area contributed by atoms with Crippen LogP contribution in [-0.2, 0) is 6.54 Å². The van der Waals surface area contributed by atoms with Gasteiger partial charge in [0.25, 0.3) is 0 Å². The molecule has 0 saturated carbocycles. The Labute approximate surface area is 102 Å². The van der Waals surface area contributed by atoms with Crippen molar-refractivity contribution in [3.8, 4) is 0 Å². The molecule has 0 atom stereocenters. The minimum Gasteiger partial charge on any atom is -0.308 e. The molecule has 1 N–H and O–H groups in total. The normalized spacial score (nSPS) is 11.8. The lowest BCUT2D eigenvalue weighted by Gasteiger charge is -2.26. The van der Waals surface area contributed by atoms with Gasteiger partial charge in [-0.2, -0.15) is 0 Å². The molecule has 1 aromatic carbocycles. The number of rotatable bonds is 5. The minimum absolute atomic E-state index is 0.0134. The number of hydrogen-bond donors (Lipinski definition) is 1. The number of alkyl halides is 1. The van der Waals surface area contributed by atoms with Gasteiger partial charge in [-0.1, -0.05) is 6.07 Å². The van der Waals surface area contributed by atoms with Crippen molar-refractivity contribution in [3.05, 3.63) is 35.1 Å². The van der Waals surface area contributed by atoms with Gasteiger partial charge in [0.05, 0.1) is 0 Å². The van der Waals surface area contributed by atoms with Crippen LogP contribution >= 0.6 is 11.6 Å². The summed E-state index contributed by atoms with van der Waals surface area (Å²) in [7, 11) is 0. The molecule has 3 heteroatoms. The maximum Gasteiger partial charge on any atom is 0.123 e. The maximum atomic E-state index is 13.1. The van der Waals surface area contributed by atoms with Gasteiger partial charge in [0.1, 0.15) is 5.82 Å². The van der Waals surface area contributed by atoms with Crippen molar-refractivity contribution in [3.63, 3.8) is 0 Å². The van der Waals surface area contributed by atoms with Gasteiger partial charge in [0, 0.05) is 18.0 Å². The van der Waals surface area contributed by atoms with E-state index in [0.717, 1.165) is 17.5 Å². The highest BCUT2D eigenvalue weighted by molar-refractivity contribution is 6.17. The highest BCUT2D eigenvalue weighted by Crippen LogP contribution is 2.14. The molecule has 0 aliphatic heterocycles. The van der Waals surface area contributed by atoms with Gasteiger partial charge in [0.2, 0.25) is 0 Å². The monoisotopic (exact) mass is 243 g/mol. The summed E-state index contributed by atoms with van der Waals surface area (Å²) in [6.45, 7) is 6.87. The fraction of sp³-hybridized carbons (Fsp3) is 0.538. The van der Waals surface area contributed by atoms with Gasteiger partial charge in [0.15, 0.2) is 0 Å². The van der Waals surface area contributed by atoms with Crippen LogP contribution in [0.5, 0.6) is 0 Å². The molecule has 0 amide bonds. The second kappa shape index (κ2) is 5.65. The molecule has 0 heterocycles. The average molecular weight is 244 g/mol. The molecule has 1 aromatic rings. The molecular formula is C13H19ClFN. The molecule has 0 radical (unpaired) electrons. The standard InChI is InChI=1S/C13H19ClFN/c1-10-4-5-12(15)8-11(10)9-16-13(2,3)6-7-14/h4-5,8,16H,6-7,9H2,1-3H3. The molecule has 1 rings (SSSR count). The summed E-state index contributed by atoms with van der Waals surface area (Å²) >= 11 is 5.72. The Balaban J connectivity index is 2.63. The Morgan fingerprint density at radius 2 is 2.06 bits per heavy atom. The molecule has 1 nitrogen and oxygen atoms in total. The fourth-order valence-corrected chi connectivity index (χ4v) is 1.96. The van der Waals surface area contributed by atoms with E-state index in [1.54, 1.807) is 12.1 Å². The van der Waals surface area contributed by atoms with E-state index in [-0.39, 0.29) is 11.4 Å². The summed E-state index contributed by atoms with van der Waals surface area (Å²) in [6, 6.07) is 4.88. The summed E-state index contributed by atoms with van der Waals surface area (Å²) in [5.74, 6) is 0.444. The van der Waals surface area contributed by atoms with Crippen LogP contribution in [0.1, 0.15) is 31.4 Å². The van der Waals surface area contributed by atoms with Gasteiger partial charge < -0.3 is 5.32 Å². The summed E-state index contributed by atoms with van der Waals surface area (Å²) in [4.78, 5) is 0. The molecule has 0 spiro atoms. The zero-order valence-electron chi connectivity index (χ0n) is 10.1. The molecule has 90 valence electrons. The van der Waals surface area contributed by atoms with Gasteiger partial charge in [-0.3, -0.25) is 0 Å². The van der Waals surface area contributed by atoms with Crippen LogP contribution in [0.3, 0.4) is 0 Å². The van der Waals surface area contributed by atoms with E-state index in [1.807, 2.05) is 6.92 Å². The van der Waals surface area contributed by atoms with Gasteiger partial charge in [-0.05, 0) is 50.5 Å². The first kappa shape index (κ1) is 13.5. The van der Waals surface area contributed by atoms with Crippen molar-refractivity contribution in [2.24, 2.45) is 0 Å². The van der Waals surface area contributed by atoms with E-state index in [0.29, 0.717) is 12.4 Å². The van der Waals surface area contributed by atoms with Crippen molar-refractivity contribution in [1.29, 1.82) is 0 Å². The minimum atomic E-state index is -0.183. The van der Waals surface area contributed by atoms with Crippen molar-refractivity contribution >= 4 is 11.6 Å². The zero-order valence-corrected chi connectivity index (χ0v) is 10.9. The molecule has 0 fully saturated rings. The zero-order chi connectivity index (χ0) is 12.2. The van der Waals surface area contributed by atoms with E-state index < -0.39 is 0 Å². The summed E-state index contributed by atoms with van der Waals surface area (Å²) in [6.07, 6.45) is 0.892. The summed E-state index contributed by atoms with van der Waals surface area (Å²) in [5, 5.41) is 3.39. The van der Waals surface area contributed by atoms with E-state index in [4.69, 9.17) is 11.6 Å². The number of benzene rings is 1. The van der Waals surface area contributed by atoms with E-state index in [1.165, 1.54) is 6.07 Å². The van der Waals surface area contributed by atoms with Crippen LogP contribution < -0.4 is 5.32 Å². The topological polar surface area (TPSA) is 12.0 Å². The molecule has 0 saturated heterocycles. The number of nitrogens with one attached hydrogen (secondary N) is 1. The Bertz CT molecular complexity index is 350. The van der Waals surface area contributed by atoms with Gasteiger partial charge in [-0.25, -0.2) is 4.39 Å². The lowest BCUT2D eigenvalue weighted by Crippen LogP contribution is -2.39. The lowest BCUT2D eigenvalue weighted by atomic mass is 10.0. The largest absolute Gasteiger partial charge is 0.308 e. The van der Waals surface area contributed by atoms with Crippen molar-refractivity contribution in [2.45, 2.75) is 39.3 Å². The van der Waals surface area contributed by atoms with Crippen LogP contribution in [-0.4, -0.2) is 11.4 Å². The van der Waals surface area contributed by atoms with Gasteiger partial charge in [-0.15, -0.1) is 11.6 Å². The highest BCUT2D eigenvalue weighted by Gasteiger charge is 2.16. The first-order valence-electron chi connectivity index (χ1n) is 5.50. The highest BCUT2D eigenvalue weighted by atomic mass is 35.5. The Hall–Kier alpha value is -0.600. The Kier molecular flexibility index (Phi) is 4.75. The van der Waals surface area contributed by atoms with Crippen LogP contribution in [0.2, 0.25) is 0 Å². The van der Waals surface area contributed by atoms with Crippen LogP contribution in [0.4, 0.5) is 4.39 Å². The second-order valence-corrected chi connectivity index (χ2v) is 5.13. The summed E-state index contributed by atoms with van der Waals surface area (Å²) in [5.41, 5.74) is 2.10. The molecule has 0 aliphatic rings. The average Bonchev–Trinajstić information content (AvgIpc) is 2.19. The van der Waals surface area contributed by atoms with E-state index in [9.17, 15) is 4.39 Å². The third kappa shape index (κ3) is 4.11. The predicted octanol–water partition coefficient (Wildman–Crippen LogP) is 3.63. The van der Waals surface area contributed by atoms with Crippen LogP contribution in [0.25, 0.3) is 0 Å². The Morgan fingerprint density at radius 3 is 2.69 bits per heavy atom. The maximum absolute atomic E-state index is 13.1. The Morgan fingerprint density at radius 1 is 1.38 bits per heavy atom. The molecule has 0 bridgehead atoms. The number of hydrogen-bond acceptors (Lipinski definition) is 1. The SMILES string of the molecule is Cc1ccc(F)cc1CNC(C)(C)CCCl. The lowest BCUT2D eigenvalue weighted by molar-refractivity contribution is 0.375. The van der Waals surface area contributed by atoms with Crippen molar-refractivity contribution in [2.75, 3.05) is 5.88 Å². The van der Waals surface area contributed by atoms with E-state index >= 15 is 0 Å². The quantitative estimate of drug-likeness (QED) is 0.779. The summed E-state index contributed by atoms with van der Waals surface area (Å²) < 4.78 is 13.1. The number of halogens is 2. The first-order valence-corrected chi connectivity index (χ1v) is 6.04. The van der Waals surface area contributed by atoms with Gasteiger partial charge >= 0.3 is 0 Å². The van der Waals surface area contributed by atoms with Crippen LogP contribution in [0, 0.1) is 12.7 Å². The predicted molar refractivity (Wildman–Crippen MR) is 67.4 cm³/mol. The molecular weight excluding hydrogens is 225 g/mol. The van der Waals surface area contributed by atoms with Crippen molar-refractivity contribution < 1.29 is 4.39 Å². The molecule has 0 unspecified atom stereocenters. The first-order chi connectivity index (χ1) is 7.44.